The molecule has 0 bridgehead atoms. The molecule has 2 N–H and O–H groups in total. The Kier molecular flexibility index (Phi) is 3.86. The average molecular weight is 296 g/mol. The van der Waals surface area contributed by atoms with Crippen molar-refractivity contribution in [2.75, 3.05) is 0 Å². The van der Waals surface area contributed by atoms with Crippen molar-refractivity contribution in [3.05, 3.63) is 58.7 Å². The number of benzene rings is 2. The Balaban J connectivity index is 2.25. The van der Waals surface area contributed by atoms with Gasteiger partial charge in [-0.1, -0.05) is 31.4 Å². The van der Waals surface area contributed by atoms with Crippen LogP contribution in [-0.4, -0.2) is 10.2 Å². The predicted molar refractivity (Wildman–Crippen MR) is 89.6 cm³/mol. The molecule has 0 saturated heterocycles. The maximum absolute atomic E-state index is 10.0. The summed E-state index contributed by atoms with van der Waals surface area (Å²) in [7, 11) is 0. The first-order valence-corrected chi connectivity index (χ1v) is 8.13. The molecule has 2 heteroatoms. The van der Waals surface area contributed by atoms with E-state index >= 15 is 0 Å². The van der Waals surface area contributed by atoms with E-state index in [1.54, 1.807) is 12.1 Å². The Hall–Kier alpha value is -1.96. The van der Waals surface area contributed by atoms with Crippen LogP contribution in [0.25, 0.3) is 0 Å². The normalized spacial score (nSPS) is 17.4. The van der Waals surface area contributed by atoms with Crippen LogP contribution in [0.5, 0.6) is 11.5 Å². The molecule has 22 heavy (non-hydrogen) atoms. The highest BCUT2D eigenvalue weighted by molar-refractivity contribution is 5.50. The molecule has 0 amide bonds. The van der Waals surface area contributed by atoms with Crippen molar-refractivity contribution in [2.45, 2.75) is 51.4 Å². The standard InChI is InChI=1S/C20H24O2/c1-14-6-8-16(21)12-18(14)20(10-4-3-5-11-20)19-13-17(22)9-7-15(19)2/h6-9,12-13,21-22H,3-5,10-11H2,1-2H3. The van der Waals surface area contributed by atoms with Crippen LogP contribution >= 0.6 is 0 Å². The fraction of sp³-hybridized carbons (Fsp3) is 0.400. The molecule has 0 heterocycles. The Morgan fingerprint density at radius 3 is 1.64 bits per heavy atom. The molecule has 2 aromatic rings. The van der Waals surface area contributed by atoms with E-state index in [0.717, 1.165) is 12.8 Å². The molecule has 2 nitrogen and oxygen atoms in total. The van der Waals surface area contributed by atoms with Gasteiger partial charge < -0.3 is 10.2 Å². The van der Waals surface area contributed by atoms with Crippen molar-refractivity contribution in [1.29, 1.82) is 0 Å². The monoisotopic (exact) mass is 296 g/mol. The van der Waals surface area contributed by atoms with Crippen LogP contribution in [0, 0.1) is 13.8 Å². The molecule has 116 valence electrons. The third-order valence-electron chi connectivity index (χ3n) is 5.18. The van der Waals surface area contributed by atoms with Gasteiger partial charge in [-0.3, -0.25) is 0 Å². The Morgan fingerprint density at radius 1 is 0.727 bits per heavy atom. The van der Waals surface area contributed by atoms with Gasteiger partial charge in [0.05, 0.1) is 0 Å². The molecular weight excluding hydrogens is 272 g/mol. The molecule has 0 unspecified atom stereocenters. The van der Waals surface area contributed by atoms with Crippen molar-refractivity contribution in [3.8, 4) is 11.5 Å². The quantitative estimate of drug-likeness (QED) is 0.822. The van der Waals surface area contributed by atoms with E-state index in [0.29, 0.717) is 11.5 Å². The van der Waals surface area contributed by atoms with Crippen LogP contribution in [0.4, 0.5) is 0 Å². The summed E-state index contributed by atoms with van der Waals surface area (Å²) in [5.74, 6) is 0.645. The summed E-state index contributed by atoms with van der Waals surface area (Å²) in [6, 6.07) is 11.3. The van der Waals surface area contributed by atoms with Crippen LogP contribution in [0.3, 0.4) is 0 Å². The fourth-order valence-electron chi connectivity index (χ4n) is 4.09. The van der Waals surface area contributed by atoms with E-state index < -0.39 is 0 Å². The highest BCUT2D eigenvalue weighted by Gasteiger charge is 2.38. The summed E-state index contributed by atoms with van der Waals surface area (Å²) >= 11 is 0. The van der Waals surface area contributed by atoms with Gasteiger partial charge in [0.25, 0.3) is 0 Å². The van der Waals surface area contributed by atoms with Gasteiger partial charge >= 0.3 is 0 Å². The second kappa shape index (κ2) is 5.68. The van der Waals surface area contributed by atoms with E-state index in [1.807, 2.05) is 24.3 Å². The van der Waals surface area contributed by atoms with E-state index in [2.05, 4.69) is 13.8 Å². The Labute approximate surface area is 132 Å². The van der Waals surface area contributed by atoms with E-state index in [4.69, 9.17) is 0 Å². The van der Waals surface area contributed by atoms with Crippen LogP contribution in [0.15, 0.2) is 36.4 Å². The number of rotatable bonds is 2. The second-order valence-electron chi connectivity index (χ2n) is 6.64. The largest absolute Gasteiger partial charge is 0.508 e. The van der Waals surface area contributed by atoms with Gasteiger partial charge in [0, 0.05) is 5.41 Å². The number of phenols is 2. The number of hydrogen-bond acceptors (Lipinski definition) is 2. The topological polar surface area (TPSA) is 40.5 Å². The zero-order valence-electron chi connectivity index (χ0n) is 13.4. The maximum Gasteiger partial charge on any atom is 0.115 e. The smallest absolute Gasteiger partial charge is 0.115 e. The first kappa shape index (κ1) is 15.0. The molecule has 0 aromatic heterocycles. The van der Waals surface area contributed by atoms with Crippen LogP contribution in [0.2, 0.25) is 0 Å². The molecule has 2 aromatic carbocycles. The molecule has 0 radical (unpaired) electrons. The molecule has 0 atom stereocenters. The molecule has 0 aliphatic heterocycles. The van der Waals surface area contributed by atoms with E-state index in [-0.39, 0.29) is 5.41 Å². The van der Waals surface area contributed by atoms with Crippen LogP contribution < -0.4 is 0 Å². The minimum atomic E-state index is -0.0934. The SMILES string of the molecule is Cc1ccc(O)cc1C1(c2cc(O)ccc2C)CCCCC1. The lowest BCUT2D eigenvalue weighted by Crippen LogP contribution is -2.32. The van der Waals surface area contributed by atoms with Gasteiger partial charge in [0.15, 0.2) is 0 Å². The first-order valence-electron chi connectivity index (χ1n) is 8.13. The zero-order valence-corrected chi connectivity index (χ0v) is 13.4. The summed E-state index contributed by atoms with van der Waals surface area (Å²) in [6.07, 6.45) is 5.77. The van der Waals surface area contributed by atoms with Crippen molar-refractivity contribution in [3.63, 3.8) is 0 Å². The summed E-state index contributed by atoms with van der Waals surface area (Å²) < 4.78 is 0. The van der Waals surface area contributed by atoms with Gasteiger partial charge in [0.1, 0.15) is 11.5 Å². The van der Waals surface area contributed by atoms with E-state index in [1.165, 1.54) is 41.5 Å². The molecule has 0 spiro atoms. The van der Waals surface area contributed by atoms with Crippen LogP contribution in [0.1, 0.15) is 54.4 Å². The maximum atomic E-state index is 10.0. The van der Waals surface area contributed by atoms with Crippen molar-refractivity contribution >= 4 is 0 Å². The summed E-state index contributed by atoms with van der Waals surface area (Å²) in [5, 5.41) is 20.0. The van der Waals surface area contributed by atoms with Gasteiger partial charge in [-0.2, -0.15) is 0 Å². The third kappa shape index (κ3) is 2.47. The number of aryl methyl sites for hydroxylation is 2. The minimum absolute atomic E-state index is 0.0934. The summed E-state index contributed by atoms with van der Waals surface area (Å²) in [4.78, 5) is 0. The lowest BCUT2D eigenvalue weighted by molar-refractivity contribution is 0.340. The Bertz CT molecular complexity index is 629. The fourth-order valence-corrected chi connectivity index (χ4v) is 4.09. The average Bonchev–Trinajstić information content (AvgIpc) is 2.53. The molecule has 1 aliphatic rings. The van der Waals surface area contributed by atoms with Crippen molar-refractivity contribution in [2.24, 2.45) is 0 Å². The van der Waals surface area contributed by atoms with Crippen molar-refractivity contribution in [1.82, 2.24) is 0 Å². The summed E-state index contributed by atoms with van der Waals surface area (Å²) in [5.41, 5.74) is 4.75. The molecular formula is C20H24O2. The first-order chi connectivity index (χ1) is 10.5. The minimum Gasteiger partial charge on any atom is -0.508 e. The van der Waals surface area contributed by atoms with Gasteiger partial charge in [0.2, 0.25) is 0 Å². The van der Waals surface area contributed by atoms with Gasteiger partial charge in [-0.25, -0.2) is 0 Å². The third-order valence-corrected chi connectivity index (χ3v) is 5.18. The number of phenolic OH excluding ortho intramolecular Hbond substituents is 2. The lowest BCUT2D eigenvalue weighted by Gasteiger charge is -2.40. The van der Waals surface area contributed by atoms with Crippen LogP contribution in [-0.2, 0) is 5.41 Å². The Morgan fingerprint density at radius 2 is 1.18 bits per heavy atom. The van der Waals surface area contributed by atoms with Crippen molar-refractivity contribution < 1.29 is 10.2 Å². The molecule has 1 fully saturated rings. The lowest BCUT2D eigenvalue weighted by atomic mass is 9.63. The molecule has 1 aliphatic carbocycles. The molecule has 3 rings (SSSR count). The second-order valence-corrected chi connectivity index (χ2v) is 6.64. The highest BCUT2D eigenvalue weighted by atomic mass is 16.3. The molecule has 1 saturated carbocycles. The van der Waals surface area contributed by atoms with Gasteiger partial charge in [-0.05, 0) is 73.2 Å². The summed E-state index contributed by atoms with van der Waals surface area (Å²) in [6.45, 7) is 4.23. The van der Waals surface area contributed by atoms with Gasteiger partial charge in [-0.15, -0.1) is 0 Å². The highest BCUT2D eigenvalue weighted by Crippen LogP contribution is 2.48. The predicted octanol–water partition coefficient (Wildman–Crippen LogP) is 4.96. The number of hydrogen-bond donors (Lipinski definition) is 2. The number of aromatic hydroxyl groups is 2. The zero-order chi connectivity index (χ0) is 15.7. The van der Waals surface area contributed by atoms with E-state index in [9.17, 15) is 10.2 Å².